The SMILES string of the molecule is CCOCCCNC(=NCC(=O)N1CCCC1)NN. The number of carbonyl (C=O) groups excluding carboxylic acids is 1. The van der Waals surface area contributed by atoms with Gasteiger partial charge in [-0.15, -0.1) is 0 Å². The second-order valence-electron chi connectivity index (χ2n) is 4.37. The summed E-state index contributed by atoms with van der Waals surface area (Å²) >= 11 is 0. The third-order valence-electron chi connectivity index (χ3n) is 2.93. The van der Waals surface area contributed by atoms with Crippen LogP contribution in [0.4, 0.5) is 0 Å². The molecular weight excluding hydrogens is 246 g/mol. The van der Waals surface area contributed by atoms with E-state index in [1.54, 1.807) is 0 Å². The molecule has 1 heterocycles. The zero-order valence-corrected chi connectivity index (χ0v) is 11.7. The Morgan fingerprint density at radius 3 is 2.79 bits per heavy atom. The summed E-state index contributed by atoms with van der Waals surface area (Å²) in [5.41, 5.74) is 2.47. The molecule has 1 aliphatic rings. The largest absolute Gasteiger partial charge is 0.382 e. The van der Waals surface area contributed by atoms with Crippen molar-refractivity contribution < 1.29 is 9.53 Å². The monoisotopic (exact) mass is 271 g/mol. The first-order chi connectivity index (χ1) is 9.27. The fourth-order valence-electron chi connectivity index (χ4n) is 1.89. The zero-order chi connectivity index (χ0) is 13.9. The molecule has 1 amide bonds. The lowest BCUT2D eigenvalue weighted by Crippen LogP contribution is -2.43. The fourth-order valence-corrected chi connectivity index (χ4v) is 1.89. The Balaban J connectivity index is 2.20. The number of nitrogens with zero attached hydrogens (tertiary/aromatic N) is 2. The highest BCUT2D eigenvalue weighted by atomic mass is 16.5. The van der Waals surface area contributed by atoms with Gasteiger partial charge in [-0.3, -0.25) is 10.2 Å². The van der Waals surface area contributed by atoms with E-state index in [1.165, 1.54) is 0 Å². The number of rotatable bonds is 7. The molecule has 0 radical (unpaired) electrons. The van der Waals surface area contributed by atoms with Gasteiger partial charge < -0.3 is 15.0 Å². The number of hydrogen-bond donors (Lipinski definition) is 3. The molecule has 1 saturated heterocycles. The van der Waals surface area contributed by atoms with E-state index >= 15 is 0 Å². The maximum atomic E-state index is 11.8. The van der Waals surface area contributed by atoms with Gasteiger partial charge >= 0.3 is 0 Å². The molecule has 7 nitrogen and oxygen atoms in total. The molecule has 1 fully saturated rings. The van der Waals surface area contributed by atoms with Gasteiger partial charge in [-0.05, 0) is 26.2 Å². The quantitative estimate of drug-likeness (QED) is 0.190. The first-order valence-electron chi connectivity index (χ1n) is 6.88. The first kappa shape index (κ1) is 15.7. The van der Waals surface area contributed by atoms with Crippen LogP contribution >= 0.6 is 0 Å². The molecule has 19 heavy (non-hydrogen) atoms. The molecule has 0 aromatic carbocycles. The lowest BCUT2D eigenvalue weighted by atomic mass is 10.4. The van der Waals surface area contributed by atoms with Crippen LogP contribution in [0.2, 0.25) is 0 Å². The summed E-state index contributed by atoms with van der Waals surface area (Å²) in [5, 5.41) is 3.04. The number of carbonyl (C=O) groups is 1. The number of ether oxygens (including phenoxy) is 1. The van der Waals surface area contributed by atoms with Gasteiger partial charge in [0.1, 0.15) is 6.54 Å². The average molecular weight is 271 g/mol. The molecule has 4 N–H and O–H groups in total. The maximum Gasteiger partial charge on any atom is 0.244 e. The Hall–Kier alpha value is -1.34. The Bertz CT molecular complexity index is 290. The molecule has 0 atom stereocenters. The van der Waals surface area contributed by atoms with Crippen LogP contribution in [0.15, 0.2) is 4.99 Å². The van der Waals surface area contributed by atoms with E-state index in [-0.39, 0.29) is 12.5 Å². The third-order valence-corrected chi connectivity index (χ3v) is 2.93. The molecule has 0 saturated carbocycles. The van der Waals surface area contributed by atoms with Gasteiger partial charge in [-0.2, -0.15) is 0 Å². The van der Waals surface area contributed by atoms with Crippen molar-refractivity contribution in [1.82, 2.24) is 15.6 Å². The number of nitrogens with two attached hydrogens (primary N) is 1. The molecule has 1 aliphatic heterocycles. The number of amides is 1. The van der Waals surface area contributed by atoms with Gasteiger partial charge in [-0.25, -0.2) is 10.8 Å². The van der Waals surface area contributed by atoms with Crippen LogP contribution in [0.3, 0.4) is 0 Å². The van der Waals surface area contributed by atoms with E-state index in [0.29, 0.717) is 19.1 Å². The summed E-state index contributed by atoms with van der Waals surface area (Å²) in [6, 6.07) is 0. The van der Waals surface area contributed by atoms with Crippen molar-refractivity contribution in [3.05, 3.63) is 0 Å². The summed E-state index contributed by atoms with van der Waals surface area (Å²) in [7, 11) is 0. The number of hydrogen-bond acceptors (Lipinski definition) is 4. The summed E-state index contributed by atoms with van der Waals surface area (Å²) in [6.45, 7) is 5.93. The molecule has 0 aromatic heterocycles. The Morgan fingerprint density at radius 2 is 2.16 bits per heavy atom. The highest BCUT2D eigenvalue weighted by molar-refractivity contribution is 5.84. The highest BCUT2D eigenvalue weighted by Crippen LogP contribution is 2.07. The zero-order valence-electron chi connectivity index (χ0n) is 11.7. The van der Waals surface area contributed by atoms with Crippen molar-refractivity contribution in [3.63, 3.8) is 0 Å². The van der Waals surface area contributed by atoms with Crippen LogP contribution in [-0.2, 0) is 9.53 Å². The minimum atomic E-state index is 0.0568. The smallest absolute Gasteiger partial charge is 0.244 e. The molecular formula is C12H25N5O2. The second-order valence-corrected chi connectivity index (χ2v) is 4.37. The summed E-state index contributed by atoms with van der Waals surface area (Å²) in [4.78, 5) is 17.8. The normalized spacial score (nSPS) is 15.7. The summed E-state index contributed by atoms with van der Waals surface area (Å²) in [5.74, 6) is 5.86. The van der Waals surface area contributed by atoms with Crippen molar-refractivity contribution >= 4 is 11.9 Å². The number of guanidine groups is 1. The van der Waals surface area contributed by atoms with Crippen molar-refractivity contribution in [2.24, 2.45) is 10.8 Å². The Morgan fingerprint density at radius 1 is 1.42 bits per heavy atom. The van der Waals surface area contributed by atoms with Gasteiger partial charge in [0.25, 0.3) is 0 Å². The van der Waals surface area contributed by atoms with Crippen LogP contribution in [0.5, 0.6) is 0 Å². The van der Waals surface area contributed by atoms with Crippen molar-refractivity contribution in [3.8, 4) is 0 Å². The van der Waals surface area contributed by atoms with E-state index in [1.807, 2.05) is 11.8 Å². The lowest BCUT2D eigenvalue weighted by molar-refractivity contribution is -0.128. The number of aliphatic imine (C=N–C) groups is 1. The minimum absolute atomic E-state index is 0.0568. The fraction of sp³-hybridized carbons (Fsp3) is 0.833. The van der Waals surface area contributed by atoms with E-state index in [9.17, 15) is 4.79 Å². The predicted octanol–water partition coefficient (Wildman–Crippen LogP) is -0.556. The molecule has 0 unspecified atom stereocenters. The average Bonchev–Trinajstić information content (AvgIpc) is 2.95. The lowest BCUT2D eigenvalue weighted by Gasteiger charge is -2.14. The van der Waals surface area contributed by atoms with Gasteiger partial charge in [0.05, 0.1) is 0 Å². The second kappa shape index (κ2) is 9.57. The molecule has 0 aromatic rings. The van der Waals surface area contributed by atoms with Crippen LogP contribution in [0.25, 0.3) is 0 Å². The molecule has 0 aliphatic carbocycles. The number of likely N-dealkylation sites (tertiary alicyclic amines) is 1. The number of nitrogens with one attached hydrogen (secondary N) is 2. The Labute approximate surface area is 114 Å². The molecule has 110 valence electrons. The van der Waals surface area contributed by atoms with Crippen molar-refractivity contribution in [1.29, 1.82) is 0 Å². The number of hydrazine groups is 1. The minimum Gasteiger partial charge on any atom is -0.382 e. The Kier molecular flexibility index (Phi) is 7.92. The molecule has 1 rings (SSSR count). The van der Waals surface area contributed by atoms with Crippen molar-refractivity contribution in [2.45, 2.75) is 26.2 Å². The molecule has 7 heteroatoms. The molecule has 0 bridgehead atoms. The van der Waals surface area contributed by atoms with E-state index in [0.717, 1.165) is 39.0 Å². The highest BCUT2D eigenvalue weighted by Gasteiger charge is 2.17. The van der Waals surface area contributed by atoms with Gasteiger partial charge in [0.2, 0.25) is 11.9 Å². The van der Waals surface area contributed by atoms with Gasteiger partial charge in [0, 0.05) is 32.8 Å². The topological polar surface area (TPSA) is 92.0 Å². The van der Waals surface area contributed by atoms with Crippen LogP contribution in [-0.4, -0.2) is 56.2 Å². The summed E-state index contributed by atoms with van der Waals surface area (Å²) < 4.78 is 5.22. The molecule has 0 spiro atoms. The third kappa shape index (κ3) is 6.40. The van der Waals surface area contributed by atoms with Gasteiger partial charge in [0.15, 0.2) is 0 Å². The van der Waals surface area contributed by atoms with Crippen LogP contribution < -0.4 is 16.6 Å². The van der Waals surface area contributed by atoms with Crippen LogP contribution in [0.1, 0.15) is 26.2 Å². The standard InChI is InChI=1S/C12H25N5O2/c1-2-19-9-5-6-14-12(16-13)15-10-11(18)17-7-3-4-8-17/h2-10,13H2,1H3,(H2,14,15,16). The van der Waals surface area contributed by atoms with E-state index < -0.39 is 0 Å². The first-order valence-corrected chi connectivity index (χ1v) is 6.88. The van der Waals surface area contributed by atoms with E-state index in [2.05, 4.69) is 15.7 Å². The van der Waals surface area contributed by atoms with E-state index in [4.69, 9.17) is 10.6 Å². The van der Waals surface area contributed by atoms with Crippen LogP contribution in [0, 0.1) is 0 Å². The van der Waals surface area contributed by atoms with Crippen molar-refractivity contribution in [2.75, 3.05) is 39.4 Å². The predicted molar refractivity (Wildman–Crippen MR) is 74.6 cm³/mol. The maximum absolute atomic E-state index is 11.8. The summed E-state index contributed by atoms with van der Waals surface area (Å²) in [6.07, 6.45) is 3.05. The van der Waals surface area contributed by atoms with Gasteiger partial charge in [-0.1, -0.05) is 0 Å².